The fraction of sp³-hybridized carbons (Fsp3) is 0.519. The number of amides is 6. The monoisotopic (exact) mass is 679 g/mol. The summed E-state index contributed by atoms with van der Waals surface area (Å²) < 4.78 is 0. The quantitative estimate of drug-likeness (QED) is 0.0659. The molecule has 0 radical (unpaired) electrons. The second-order valence-corrected chi connectivity index (χ2v) is 10.8. The van der Waals surface area contributed by atoms with Crippen molar-refractivity contribution in [3.8, 4) is 0 Å². The number of aliphatic hydroxyl groups excluding tert-OH is 2. The number of aromatic nitrogens is 4. The van der Waals surface area contributed by atoms with E-state index in [0.717, 1.165) is 0 Å². The predicted molar refractivity (Wildman–Crippen MR) is 163 cm³/mol. The van der Waals surface area contributed by atoms with Crippen LogP contribution in [0.4, 0.5) is 0 Å². The van der Waals surface area contributed by atoms with Crippen LogP contribution in [0, 0.1) is 0 Å². The standard InChI is InChI=1S/C27H41N11O10/c1-12(34-23(43)13(2)35-24(44)17(28)9-39)22(42)31-8-20(41)36-18(4-15-6-29-10-32-15)25(45)37-19(5-16-7-30-11-33-16)26(46)38-21(14(3)40)27(47)48/h6-7,10-14,17-19,21,39-40H,4-5,8-9,28H2,1-3H3,(H,29,32)(H,30,33)(H,31,42)(H,34,43)(H,35,44)(H,36,41)(H,37,45)(H,38,46)(H,47,48)/t12-,13-,14+,17-,18-,19-,21-/m0/s1. The van der Waals surface area contributed by atoms with E-state index in [1.807, 2.05) is 0 Å². The molecule has 0 aliphatic carbocycles. The predicted octanol–water partition coefficient (Wildman–Crippen LogP) is -5.72. The maximum absolute atomic E-state index is 13.5. The molecule has 0 unspecified atom stereocenters. The summed E-state index contributed by atoms with van der Waals surface area (Å²) in [4.78, 5) is 101. The summed E-state index contributed by atoms with van der Waals surface area (Å²) in [6.07, 6.45) is 3.69. The third kappa shape index (κ3) is 12.4. The summed E-state index contributed by atoms with van der Waals surface area (Å²) in [5, 5.41) is 42.2. The number of H-pyrrole nitrogens is 2. The molecule has 48 heavy (non-hydrogen) atoms. The number of imidazole rings is 2. The fourth-order valence-electron chi connectivity index (χ4n) is 4.00. The molecule has 0 saturated heterocycles. The highest BCUT2D eigenvalue weighted by atomic mass is 16.4. The van der Waals surface area contributed by atoms with Crippen molar-refractivity contribution >= 4 is 41.4 Å². The number of rotatable bonds is 19. The molecular formula is C27H41N11O10. The van der Waals surface area contributed by atoms with Gasteiger partial charge in [0.1, 0.15) is 30.2 Å². The number of hydrogen-bond donors (Lipinski definition) is 12. The normalized spacial score (nSPS) is 15.3. The van der Waals surface area contributed by atoms with E-state index in [4.69, 9.17) is 10.8 Å². The van der Waals surface area contributed by atoms with Gasteiger partial charge < -0.3 is 62.9 Å². The van der Waals surface area contributed by atoms with Gasteiger partial charge in [-0.3, -0.25) is 28.8 Å². The van der Waals surface area contributed by atoms with Gasteiger partial charge in [-0.15, -0.1) is 0 Å². The first-order valence-corrected chi connectivity index (χ1v) is 14.6. The van der Waals surface area contributed by atoms with Crippen molar-refractivity contribution in [3.63, 3.8) is 0 Å². The molecule has 0 aliphatic heterocycles. The number of nitrogens with one attached hydrogen (secondary N) is 8. The number of aromatic amines is 2. The first-order chi connectivity index (χ1) is 22.6. The highest BCUT2D eigenvalue weighted by Gasteiger charge is 2.32. The Labute approximate surface area is 273 Å². The number of hydrogen-bond acceptors (Lipinski definition) is 12. The Balaban J connectivity index is 2.08. The molecular weight excluding hydrogens is 638 g/mol. The van der Waals surface area contributed by atoms with Gasteiger partial charge in [0.2, 0.25) is 35.4 Å². The minimum atomic E-state index is -1.68. The zero-order valence-electron chi connectivity index (χ0n) is 26.4. The van der Waals surface area contributed by atoms with Crippen LogP contribution in [0.5, 0.6) is 0 Å². The number of carboxylic acids is 1. The minimum absolute atomic E-state index is 0.134. The molecule has 2 aromatic heterocycles. The second kappa shape index (κ2) is 18.7. The largest absolute Gasteiger partial charge is 0.480 e. The van der Waals surface area contributed by atoms with Crippen LogP contribution in [0.25, 0.3) is 0 Å². The Bertz CT molecular complexity index is 1400. The first kappa shape index (κ1) is 38.8. The van der Waals surface area contributed by atoms with Crippen LogP contribution < -0.4 is 37.6 Å². The highest BCUT2D eigenvalue weighted by molar-refractivity contribution is 5.96. The van der Waals surface area contributed by atoms with Gasteiger partial charge in [-0.25, -0.2) is 14.8 Å². The third-order valence-corrected chi connectivity index (χ3v) is 6.75. The number of carbonyl (C=O) groups is 7. The summed E-state index contributed by atoms with van der Waals surface area (Å²) in [5.74, 6) is -6.42. The van der Waals surface area contributed by atoms with Crippen LogP contribution in [-0.4, -0.2) is 132 Å². The Hall–Kier alpha value is -5.41. The van der Waals surface area contributed by atoms with E-state index >= 15 is 0 Å². The zero-order chi connectivity index (χ0) is 36.0. The molecule has 264 valence electrons. The highest BCUT2D eigenvalue weighted by Crippen LogP contribution is 2.05. The molecule has 21 nitrogen and oxygen atoms in total. The van der Waals surface area contributed by atoms with Crippen molar-refractivity contribution in [1.29, 1.82) is 0 Å². The molecule has 6 amide bonds. The summed E-state index contributed by atoms with van der Waals surface area (Å²) in [6.45, 7) is 2.56. The van der Waals surface area contributed by atoms with Gasteiger partial charge in [-0.1, -0.05) is 0 Å². The average molecular weight is 680 g/mol. The van der Waals surface area contributed by atoms with Crippen LogP contribution in [-0.2, 0) is 46.4 Å². The summed E-state index contributed by atoms with van der Waals surface area (Å²) in [5.41, 5.74) is 6.23. The van der Waals surface area contributed by atoms with Crippen LogP contribution >= 0.6 is 0 Å². The van der Waals surface area contributed by atoms with Crippen LogP contribution in [0.2, 0.25) is 0 Å². The van der Waals surface area contributed by atoms with Crippen molar-refractivity contribution in [1.82, 2.24) is 51.8 Å². The fourth-order valence-corrected chi connectivity index (χ4v) is 4.00. The van der Waals surface area contributed by atoms with Crippen molar-refractivity contribution in [2.24, 2.45) is 5.73 Å². The summed E-state index contributed by atoms with van der Waals surface area (Å²) in [7, 11) is 0. The number of carboxylic acid groups (broad SMARTS) is 1. The lowest BCUT2D eigenvalue weighted by molar-refractivity contribution is -0.145. The maximum Gasteiger partial charge on any atom is 0.328 e. The minimum Gasteiger partial charge on any atom is -0.480 e. The van der Waals surface area contributed by atoms with E-state index in [9.17, 15) is 43.8 Å². The molecule has 0 aromatic carbocycles. The average Bonchev–Trinajstić information content (AvgIpc) is 3.75. The van der Waals surface area contributed by atoms with E-state index in [0.29, 0.717) is 11.4 Å². The second-order valence-electron chi connectivity index (χ2n) is 10.8. The third-order valence-electron chi connectivity index (χ3n) is 6.75. The van der Waals surface area contributed by atoms with Crippen molar-refractivity contribution in [2.45, 2.75) is 76.0 Å². The molecule has 13 N–H and O–H groups in total. The van der Waals surface area contributed by atoms with Gasteiger partial charge in [0, 0.05) is 36.6 Å². The lowest BCUT2D eigenvalue weighted by Gasteiger charge is -2.25. The topological polar surface area (TPSA) is 336 Å². The van der Waals surface area contributed by atoms with E-state index in [1.54, 1.807) is 0 Å². The Morgan fingerprint density at radius 3 is 1.73 bits per heavy atom. The summed E-state index contributed by atoms with van der Waals surface area (Å²) >= 11 is 0. The SMILES string of the molecule is C[C@H](NC(=O)[C@H](C)NC(=O)[C@@H](N)CO)C(=O)NCC(=O)N[C@@H](Cc1cnc[nH]1)C(=O)N[C@@H](Cc1cnc[nH]1)C(=O)N[C@H](C(=O)O)[C@@H](C)O. The molecule has 7 atom stereocenters. The molecule has 0 fully saturated rings. The summed E-state index contributed by atoms with van der Waals surface area (Å²) in [6, 6.07) is -7.88. The molecule has 2 rings (SSSR count). The molecule has 0 aliphatic rings. The van der Waals surface area contributed by atoms with E-state index in [2.05, 4.69) is 51.8 Å². The number of aliphatic carboxylic acids is 1. The lowest BCUT2D eigenvalue weighted by atomic mass is 10.1. The Morgan fingerprint density at radius 2 is 1.25 bits per heavy atom. The van der Waals surface area contributed by atoms with Crippen molar-refractivity contribution in [2.75, 3.05) is 13.2 Å². The van der Waals surface area contributed by atoms with Crippen molar-refractivity contribution in [3.05, 3.63) is 36.4 Å². The van der Waals surface area contributed by atoms with Gasteiger partial charge >= 0.3 is 5.97 Å². The number of nitrogens with two attached hydrogens (primary N) is 1. The molecule has 0 bridgehead atoms. The van der Waals surface area contributed by atoms with Gasteiger partial charge in [0.15, 0.2) is 6.04 Å². The lowest BCUT2D eigenvalue weighted by Crippen LogP contribution is -2.59. The van der Waals surface area contributed by atoms with Crippen molar-refractivity contribution < 1.29 is 48.9 Å². The van der Waals surface area contributed by atoms with Crippen LogP contribution in [0.15, 0.2) is 25.0 Å². The van der Waals surface area contributed by atoms with Gasteiger partial charge in [0.25, 0.3) is 0 Å². The number of nitrogens with zero attached hydrogens (tertiary/aromatic N) is 2. The number of aliphatic hydroxyl groups is 2. The maximum atomic E-state index is 13.5. The molecule has 21 heteroatoms. The molecule has 2 aromatic rings. The molecule has 2 heterocycles. The number of carbonyl (C=O) groups excluding carboxylic acids is 6. The smallest absolute Gasteiger partial charge is 0.328 e. The van der Waals surface area contributed by atoms with Gasteiger partial charge in [-0.05, 0) is 20.8 Å². The zero-order valence-corrected chi connectivity index (χ0v) is 26.4. The van der Waals surface area contributed by atoms with Gasteiger partial charge in [0.05, 0.1) is 31.9 Å². The van der Waals surface area contributed by atoms with Crippen LogP contribution in [0.1, 0.15) is 32.2 Å². The Morgan fingerprint density at radius 1 is 0.750 bits per heavy atom. The molecule has 0 saturated carbocycles. The van der Waals surface area contributed by atoms with Crippen LogP contribution in [0.3, 0.4) is 0 Å². The van der Waals surface area contributed by atoms with E-state index in [-0.39, 0.29) is 12.8 Å². The van der Waals surface area contributed by atoms with E-state index < -0.39 is 96.9 Å². The van der Waals surface area contributed by atoms with Gasteiger partial charge in [-0.2, -0.15) is 0 Å². The Kier molecular flexibility index (Phi) is 15.1. The first-order valence-electron chi connectivity index (χ1n) is 14.6. The van der Waals surface area contributed by atoms with E-state index in [1.165, 1.54) is 45.8 Å². The molecule has 0 spiro atoms.